The van der Waals surface area contributed by atoms with Gasteiger partial charge in [-0.15, -0.1) is 0 Å². The number of anilines is 1. The Bertz CT molecular complexity index is 1060. The molecule has 0 saturated carbocycles. The highest BCUT2D eigenvalue weighted by Crippen LogP contribution is 2.38. The summed E-state index contributed by atoms with van der Waals surface area (Å²) in [5.41, 5.74) is 1.15. The fourth-order valence-corrected chi connectivity index (χ4v) is 4.14. The molecule has 3 amide bonds. The molecule has 31 heavy (non-hydrogen) atoms. The highest BCUT2D eigenvalue weighted by atomic mass is 79.9. The van der Waals surface area contributed by atoms with Gasteiger partial charge in [-0.1, -0.05) is 27.5 Å². The van der Waals surface area contributed by atoms with E-state index >= 15 is 0 Å². The SMILES string of the molecule is CCOc1cc(Br)c(/C=C2\SC(=O)N(CC(=O)Nc3ccc(Cl)cc3)C2=O)cc1OC. The first-order valence-electron chi connectivity index (χ1n) is 9.13. The van der Waals surface area contributed by atoms with Crippen molar-refractivity contribution < 1.29 is 23.9 Å². The number of hydrogen-bond donors (Lipinski definition) is 1. The molecule has 1 fully saturated rings. The van der Waals surface area contributed by atoms with Crippen molar-refractivity contribution in [1.29, 1.82) is 0 Å². The van der Waals surface area contributed by atoms with Gasteiger partial charge in [-0.05, 0) is 66.7 Å². The summed E-state index contributed by atoms with van der Waals surface area (Å²) in [6, 6.07) is 9.95. The molecule has 0 unspecified atom stereocenters. The highest BCUT2D eigenvalue weighted by Gasteiger charge is 2.36. The van der Waals surface area contributed by atoms with Crippen LogP contribution in [0.5, 0.6) is 11.5 Å². The van der Waals surface area contributed by atoms with Crippen LogP contribution in [0.15, 0.2) is 45.8 Å². The average Bonchev–Trinajstić information content (AvgIpc) is 2.99. The summed E-state index contributed by atoms with van der Waals surface area (Å²) in [7, 11) is 1.52. The number of amides is 3. The van der Waals surface area contributed by atoms with E-state index in [0.717, 1.165) is 16.7 Å². The van der Waals surface area contributed by atoms with Crippen LogP contribution in [0.3, 0.4) is 0 Å². The number of ether oxygens (including phenoxy) is 2. The van der Waals surface area contributed by atoms with Gasteiger partial charge in [-0.2, -0.15) is 0 Å². The highest BCUT2D eigenvalue weighted by molar-refractivity contribution is 9.10. The Kier molecular flexibility index (Phi) is 7.64. The molecule has 0 aliphatic carbocycles. The van der Waals surface area contributed by atoms with Crippen LogP contribution < -0.4 is 14.8 Å². The molecule has 3 rings (SSSR count). The van der Waals surface area contributed by atoms with Crippen LogP contribution in [0.4, 0.5) is 10.5 Å². The van der Waals surface area contributed by atoms with Crippen LogP contribution in [-0.4, -0.2) is 42.2 Å². The lowest BCUT2D eigenvalue weighted by Crippen LogP contribution is -2.36. The smallest absolute Gasteiger partial charge is 0.294 e. The van der Waals surface area contributed by atoms with E-state index in [1.54, 1.807) is 42.5 Å². The van der Waals surface area contributed by atoms with E-state index in [2.05, 4.69) is 21.2 Å². The Morgan fingerprint density at radius 3 is 2.58 bits per heavy atom. The molecule has 2 aromatic rings. The number of methoxy groups -OCH3 is 1. The lowest BCUT2D eigenvalue weighted by Gasteiger charge is -2.13. The first kappa shape index (κ1) is 23.2. The van der Waals surface area contributed by atoms with Gasteiger partial charge in [0.15, 0.2) is 11.5 Å². The molecule has 0 atom stereocenters. The number of imide groups is 1. The first-order valence-corrected chi connectivity index (χ1v) is 11.1. The fourth-order valence-electron chi connectivity index (χ4n) is 2.74. The van der Waals surface area contributed by atoms with Crippen molar-refractivity contribution in [2.75, 3.05) is 25.6 Å². The van der Waals surface area contributed by atoms with Crippen molar-refractivity contribution in [2.45, 2.75) is 6.92 Å². The fraction of sp³-hybridized carbons (Fsp3) is 0.190. The zero-order chi connectivity index (χ0) is 22.5. The molecule has 0 aromatic heterocycles. The molecule has 1 saturated heterocycles. The molecule has 10 heteroatoms. The molecule has 0 radical (unpaired) electrons. The standard InChI is InChI=1S/C21H18BrClN2O5S/c1-3-30-17-10-15(22)12(8-16(17)29-2)9-18-20(27)25(21(28)31-18)11-19(26)24-14-6-4-13(23)5-7-14/h4-10H,3,11H2,1-2H3,(H,24,26)/b18-9-. The average molecular weight is 526 g/mol. The molecule has 2 aromatic carbocycles. The summed E-state index contributed by atoms with van der Waals surface area (Å²) < 4.78 is 11.5. The predicted octanol–water partition coefficient (Wildman–Crippen LogP) is 5.18. The number of rotatable bonds is 7. The number of halogens is 2. The van der Waals surface area contributed by atoms with Gasteiger partial charge in [-0.25, -0.2) is 0 Å². The van der Waals surface area contributed by atoms with Crippen LogP contribution in [-0.2, 0) is 9.59 Å². The maximum Gasteiger partial charge on any atom is 0.294 e. The third-order valence-corrected chi connectivity index (χ3v) is 6.02. The zero-order valence-electron chi connectivity index (χ0n) is 16.6. The van der Waals surface area contributed by atoms with Gasteiger partial charge in [-0.3, -0.25) is 19.3 Å². The quantitative estimate of drug-likeness (QED) is 0.501. The third kappa shape index (κ3) is 5.61. The second kappa shape index (κ2) is 10.2. The van der Waals surface area contributed by atoms with Gasteiger partial charge in [0.25, 0.3) is 11.1 Å². The molecule has 1 N–H and O–H groups in total. The first-order chi connectivity index (χ1) is 14.8. The summed E-state index contributed by atoms with van der Waals surface area (Å²) in [6.45, 7) is 1.94. The minimum Gasteiger partial charge on any atom is -0.493 e. The molecule has 7 nitrogen and oxygen atoms in total. The van der Waals surface area contributed by atoms with E-state index in [-0.39, 0.29) is 4.91 Å². The number of nitrogens with one attached hydrogen (secondary N) is 1. The minimum atomic E-state index is -0.541. The Labute approximate surface area is 196 Å². The van der Waals surface area contributed by atoms with Crippen molar-refractivity contribution >= 4 is 68.1 Å². The molecular weight excluding hydrogens is 508 g/mol. The number of benzene rings is 2. The molecule has 0 spiro atoms. The van der Waals surface area contributed by atoms with Gasteiger partial charge in [0.2, 0.25) is 5.91 Å². The third-order valence-electron chi connectivity index (χ3n) is 4.17. The van der Waals surface area contributed by atoms with E-state index in [1.807, 2.05) is 6.92 Å². The largest absolute Gasteiger partial charge is 0.493 e. The lowest BCUT2D eigenvalue weighted by molar-refractivity contribution is -0.127. The van der Waals surface area contributed by atoms with E-state index < -0.39 is 23.6 Å². The summed E-state index contributed by atoms with van der Waals surface area (Å²) in [6.07, 6.45) is 1.57. The maximum atomic E-state index is 12.7. The number of nitrogens with zero attached hydrogens (tertiary/aromatic N) is 1. The summed E-state index contributed by atoms with van der Waals surface area (Å²) in [4.78, 5) is 38.5. The number of carbonyl (C=O) groups excluding carboxylic acids is 3. The van der Waals surface area contributed by atoms with Crippen LogP contribution in [0.1, 0.15) is 12.5 Å². The monoisotopic (exact) mass is 524 g/mol. The number of thioether (sulfide) groups is 1. The van der Waals surface area contributed by atoms with E-state index in [4.69, 9.17) is 21.1 Å². The summed E-state index contributed by atoms with van der Waals surface area (Å²) in [5, 5.41) is 2.65. The second-order valence-electron chi connectivity index (χ2n) is 6.28. The normalized spacial score (nSPS) is 14.8. The summed E-state index contributed by atoms with van der Waals surface area (Å²) >= 11 is 10.0. The maximum absolute atomic E-state index is 12.7. The van der Waals surface area contributed by atoms with Gasteiger partial charge in [0, 0.05) is 15.2 Å². The van der Waals surface area contributed by atoms with Gasteiger partial charge in [0.1, 0.15) is 6.54 Å². The Morgan fingerprint density at radius 1 is 1.23 bits per heavy atom. The molecule has 0 bridgehead atoms. The molecule has 162 valence electrons. The molecule has 1 heterocycles. The van der Waals surface area contributed by atoms with Crippen molar-refractivity contribution in [3.8, 4) is 11.5 Å². The number of carbonyl (C=O) groups is 3. The molecule has 1 aliphatic heterocycles. The van der Waals surface area contributed by atoms with Gasteiger partial charge < -0.3 is 14.8 Å². The van der Waals surface area contributed by atoms with Crippen molar-refractivity contribution in [3.05, 3.63) is 56.4 Å². The van der Waals surface area contributed by atoms with Crippen LogP contribution in [0.25, 0.3) is 6.08 Å². The molecule has 1 aliphatic rings. The number of hydrogen-bond acceptors (Lipinski definition) is 6. The van der Waals surface area contributed by atoms with Crippen molar-refractivity contribution in [1.82, 2.24) is 4.90 Å². The van der Waals surface area contributed by atoms with Gasteiger partial charge in [0.05, 0.1) is 18.6 Å². The zero-order valence-corrected chi connectivity index (χ0v) is 19.8. The van der Waals surface area contributed by atoms with Crippen LogP contribution >= 0.6 is 39.3 Å². The van der Waals surface area contributed by atoms with Gasteiger partial charge >= 0.3 is 0 Å². The second-order valence-corrected chi connectivity index (χ2v) is 8.56. The van der Waals surface area contributed by atoms with E-state index in [9.17, 15) is 14.4 Å². The van der Waals surface area contributed by atoms with Crippen LogP contribution in [0.2, 0.25) is 5.02 Å². The Balaban J connectivity index is 1.75. The Morgan fingerprint density at radius 2 is 1.94 bits per heavy atom. The topological polar surface area (TPSA) is 84.9 Å². The van der Waals surface area contributed by atoms with E-state index in [0.29, 0.717) is 38.9 Å². The predicted molar refractivity (Wildman–Crippen MR) is 125 cm³/mol. The van der Waals surface area contributed by atoms with Crippen molar-refractivity contribution in [2.24, 2.45) is 0 Å². The van der Waals surface area contributed by atoms with Crippen molar-refractivity contribution in [3.63, 3.8) is 0 Å². The van der Waals surface area contributed by atoms with Crippen LogP contribution in [0, 0.1) is 0 Å². The Hall–Kier alpha value is -2.49. The molecular formula is C21H18BrClN2O5S. The summed E-state index contributed by atoms with van der Waals surface area (Å²) in [5.74, 6) is 0.0228. The van der Waals surface area contributed by atoms with E-state index in [1.165, 1.54) is 7.11 Å². The minimum absolute atomic E-state index is 0.205. The lowest BCUT2D eigenvalue weighted by atomic mass is 10.2.